The highest BCUT2D eigenvalue weighted by Gasteiger charge is 2.06. The lowest BCUT2D eigenvalue weighted by Gasteiger charge is -2.00. The molecule has 25 heavy (non-hydrogen) atoms. The van der Waals surface area contributed by atoms with E-state index in [1.54, 1.807) is 22.5 Å². The fourth-order valence-electron chi connectivity index (χ4n) is 1.88. The largest absolute Gasteiger partial charge is 0.297 e. The summed E-state index contributed by atoms with van der Waals surface area (Å²) in [5, 5.41) is 22.3. The Morgan fingerprint density at radius 1 is 1.40 bits per heavy atom. The fourth-order valence-corrected chi connectivity index (χ4v) is 3.56. The summed E-state index contributed by atoms with van der Waals surface area (Å²) in [7, 11) is 0. The summed E-state index contributed by atoms with van der Waals surface area (Å²) in [6.07, 6.45) is 5.76. The van der Waals surface area contributed by atoms with E-state index in [2.05, 4.69) is 38.0 Å². The molecule has 1 N–H and O–H groups in total. The van der Waals surface area contributed by atoms with Crippen molar-refractivity contribution in [3.63, 3.8) is 0 Å². The molecule has 0 saturated heterocycles. The van der Waals surface area contributed by atoms with Crippen LogP contribution in [0.4, 0.5) is 5.13 Å². The van der Waals surface area contributed by atoms with Gasteiger partial charge in [-0.2, -0.15) is 0 Å². The predicted octanol–water partition coefficient (Wildman–Crippen LogP) is 2.67. The van der Waals surface area contributed by atoms with Gasteiger partial charge in [0.15, 0.2) is 4.34 Å². The molecule has 0 aliphatic carbocycles. The highest BCUT2D eigenvalue weighted by atomic mass is 32.2. The maximum atomic E-state index is 12.0. The van der Waals surface area contributed by atoms with Gasteiger partial charge in [0.2, 0.25) is 11.0 Å². The number of rotatable bonds is 7. The Morgan fingerprint density at radius 3 is 3.12 bits per heavy atom. The second-order valence-electron chi connectivity index (χ2n) is 4.89. The maximum Gasteiger partial charge on any atom is 0.250 e. The van der Waals surface area contributed by atoms with E-state index in [-0.39, 0.29) is 5.91 Å². The van der Waals surface area contributed by atoms with Crippen molar-refractivity contribution in [3.05, 3.63) is 42.2 Å². The summed E-state index contributed by atoms with van der Waals surface area (Å²) in [4.78, 5) is 12.0. The second-order valence-corrected chi connectivity index (χ2v) is 7.21. The van der Waals surface area contributed by atoms with Gasteiger partial charge in [-0.1, -0.05) is 42.2 Å². The number of nitrogens with zero attached hydrogens (tertiary/aromatic N) is 6. The Balaban J connectivity index is 1.61. The number of thioether (sulfide) groups is 1. The number of amides is 1. The number of tetrazole rings is 1. The van der Waals surface area contributed by atoms with Crippen LogP contribution in [0.5, 0.6) is 0 Å². The van der Waals surface area contributed by atoms with E-state index in [1.807, 2.05) is 24.3 Å². The van der Waals surface area contributed by atoms with Gasteiger partial charge in [0.05, 0.1) is 5.69 Å². The van der Waals surface area contributed by atoms with E-state index in [4.69, 9.17) is 0 Å². The van der Waals surface area contributed by atoms with E-state index in [0.29, 0.717) is 5.13 Å². The average molecular weight is 373 g/mol. The minimum absolute atomic E-state index is 0.254. The summed E-state index contributed by atoms with van der Waals surface area (Å²) < 4.78 is 2.41. The fraction of sp³-hybridized carbons (Fsp3) is 0.200. The third-order valence-corrected chi connectivity index (χ3v) is 5.16. The van der Waals surface area contributed by atoms with Crippen LogP contribution in [0.25, 0.3) is 11.8 Å². The third-order valence-electron chi connectivity index (χ3n) is 2.98. The van der Waals surface area contributed by atoms with Crippen molar-refractivity contribution >= 4 is 40.2 Å². The molecule has 1 aromatic carbocycles. The molecule has 0 aliphatic heterocycles. The van der Waals surface area contributed by atoms with Crippen molar-refractivity contribution in [2.45, 2.75) is 17.7 Å². The maximum absolute atomic E-state index is 12.0. The van der Waals surface area contributed by atoms with Crippen molar-refractivity contribution in [1.29, 1.82) is 0 Å². The van der Waals surface area contributed by atoms with Gasteiger partial charge in [0.25, 0.3) is 0 Å². The van der Waals surface area contributed by atoms with Crippen LogP contribution in [0.2, 0.25) is 0 Å². The van der Waals surface area contributed by atoms with Crippen LogP contribution in [0, 0.1) is 0 Å². The summed E-state index contributed by atoms with van der Waals surface area (Å²) >= 11 is 3.01. The standard InChI is InChI=1S/C15H15N7OS2/c1-2-8-24-15-19-18-14(25-15)17-13(23)7-6-11-4-3-5-12(9-11)22-10-16-20-21-22/h3-7,9-10H,2,8H2,1H3,(H,17,18,23)/b7-6+. The molecule has 8 nitrogen and oxygen atoms in total. The monoisotopic (exact) mass is 373 g/mol. The molecule has 0 bridgehead atoms. The molecule has 3 rings (SSSR count). The highest BCUT2D eigenvalue weighted by Crippen LogP contribution is 2.25. The molecular weight excluding hydrogens is 358 g/mol. The van der Waals surface area contributed by atoms with Gasteiger partial charge in [0, 0.05) is 11.8 Å². The molecule has 0 saturated carbocycles. The average Bonchev–Trinajstić information content (AvgIpc) is 3.30. The summed E-state index contributed by atoms with van der Waals surface area (Å²) in [5.74, 6) is 0.733. The number of aromatic nitrogens is 6. The molecule has 0 spiro atoms. The zero-order valence-electron chi connectivity index (χ0n) is 13.4. The molecule has 0 unspecified atom stereocenters. The Hall–Kier alpha value is -2.59. The van der Waals surface area contributed by atoms with Gasteiger partial charge >= 0.3 is 0 Å². The molecule has 0 aliphatic rings. The first-order valence-electron chi connectivity index (χ1n) is 7.53. The van der Waals surface area contributed by atoms with Crippen molar-refractivity contribution in [3.8, 4) is 5.69 Å². The quantitative estimate of drug-likeness (QED) is 0.386. The van der Waals surface area contributed by atoms with Gasteiger partial charge in [-0.05, 0) is 40.6 Å². The predicted molar refractivity (Wildman–Crippen MR) is 97.7 cm³/mol. The van der Waals surface area contributed by atoms with Gasteiger partial charge in [-0.3, -0.25) is 10.1 Å². The zero-order valence-corrected chi connectivity index (χ0v) is 15.0. The molecule has 0 atom stereocenters. The number of nitrogens with one attached hydrogen (secondary N) is 1. The molecule has 0 radical (unpaired) electrons. The number of benzene rings is 1. The van der Waals surface area contributed by atoms with Crippen LogP contribution in [0.15, 0.2) is 41.0 Å². The van der Waals surface area contributed by atoms with Gasteiger partial charge in [-0.25, -0.2) is 4.68 Å². The first-order chi connectivity index (χ1) is 12.2. The number of anilines is 1. The number of hydrogen-bond donors (Lipinski definition) is 1. The highest BCUT2D eigenvalue weighted by molar-refractivity contribution is 8.01. The van der Waals surface area contributed by atoms with Gasteiger partial charge in [-0.15, -0.1) is 15.3 Å². The SMILES string of the molecule is CCCSc1nnc(NC(=O)/C=C/c2cccc(-n3cnnn3)c2)s1. The van der Waals surface area contributed by atoms with E-state index in [9.17, 15) is 4.79 Å². The number of hydrogen-bond acceptors (Lipinski definition) is 8. The van der Waals surface area contributed by atoms with Crippen LogP contribution >= 0.6 is 23.1 Å². The van der Waals surface area contributed by atoms with Crippen LogP contribution in [0.3, 0.4) is 0 Å². The molecule has 0 fully saturated rings. The van der Waals surface area contributed by atoms with Crippen LogP contribution in [-0.2, 0) is 4.79 Å². The van der Waals surface area contributed by atoms with Crippen molar-refractivity contribution in [1.82, 2.24) is 30.4 Å². The smallest absolute Gasteiger partial charge is 0.250 e. The second kappa shape index (κ2) is 8.49. The van der Waals surface area contributed by atoms with E-state index >= 15 is 0 Å². The lowest BCUT2D eigenvalue weighted by Crippen LogP contribution is -2.07. The summed E-state index contributed by atoms with van der Waals surface area (Å²) in [5.41, 5.74) is 1.67. The lowest BCUT2D eigenvalue weighted by molar-refractivity contribution is -0.111. The van der Waals surface area contributed by atoms with Gasteiger partial charge < -0.3 is 0 Å². The molecule has 3 aromatic rings. The summed E-state index contributed by atoms with van der Waals surface area (Å²) in [6, 6.07) is 7.52. The van der Waals surface area contributed by atoms with Crippen molar-refractivity contribution in [2.24, 2.45) is 0 Å². The van der Waals surface area contributed by atoms with Crippen molar-refractivity contribution < 1.29 is 4.79 Å². The van der Waals surface area contributed by atoms with Crippen LogP contribution in [0.1, 0.15) is 18.9 Å². The van der Waals surface area contributed by atoms with E-state index < -0.39 is 0 Å². The van der Waals surface area contributed by atoms with Crippen LogP contribution in [-0.4, -0.2) is 42.1 Å². The van der Waals surface area contributed by atoms with Crippen molar-refractivity contribution in [2.75, 3.05) is 11.1 Å². The van der Waals surface area contributed by atoms with Crippen LogP contribution < -0.4 is 5.32 Å². The van der Waals surface area contributed by atoms with Gasteiger partial charge in [0.1, 0.15) is 6.33 Å². The first kappa shape index (κ1) is 17.2. The zero-order chi connectivity index (χ0) is 17.5. The summed E-state index contributed by atoms with van der Waals surface area (Å²) in [6.45, 7) is 2.11. The molecule has 1 amide bonds. The lowest BCUT2D eigenvalue weighted by atomic mass is 10.2. The normalized spacial score (nSPS) is 11.1. The molecule has 10 heteroatoms. The Kier molecular flexibility index (Phi) is 5.86. The first-order valence-corrected chi connectivity index (χ1v) is 9.33. The topological polar surface area (TPSA) is 98.5 Å². The Bertz CT molecular complexity index is 860. The number of carbonyl (C=O) groups excluding carboxylic acids is 1. The van der Waals surface area contributed by atoms with E-state index in [1.165, 1.54) is 23.7 Å². The molecule has 2 heterocycles. The van der Waals surface area contributed by atoms with E-state index in [0.717, 1.165) is 27.8 Å². The third kappa shape index (κ3) is 4.94. The Labute approximate surface area is 152 Å². The molecule has 2 aromatic heterocycles. The molecular formula is C15H15N7OS2. The minimum Gasteiger partial charge on any atom is -0.297 e. The Morgan fingerprint density at radius 2 is 2.32 bits per heavy atom. The minimum atomic E-state index is -0.254. The number of carbonyl (C=O) groups is 1. The molecule has 128 valence electrons.